The van der Waals surface area contributed by atoms with Gasteiger partial charge >= 0.3 is 0 Å². The molecule has 0 spiro atoms. The van der Waals surface area contributed by atoms with Crippen molar-refractivity contribution in [2.45, 2.75) is 25.8 Å². The minimum absolute atomic E-state index is 0.0510. The van der Waals surface area contributed by atoms with Gasteiger partial charge in [-0.15, -0.1) is 0 Å². The van der Waals surface area contributed by atoms with E-state index in [9.17, 15) is 9.59 Å². The van der Waals surface area contributed by atoms with E-state index in [1.807, 2.05) is 43.3 Å². The molecule has 1 amide bonds. The number of nitrogens with one attached hydrogen (secondary N) is 1. The lowest BCUT2D eigenvalue weighted by Crippen LogP contribution is -2.36. The second kappa shape index (κ2) is 6.16. The van der Waals surface area contributed by atoms with Crippen LogP contribution in [0.4, 0.5) is 0 Å². The molecule has 3 heterocycles. The van der Waals surface area contributed by atoms with Gasteiger partial charge in [0.25, 0.3) is 11.7 Å². The van der Waals surface area contributed by atoms with E-state index >= 15 is 0 Å². The third-order valence-corrected chi connectivity index (χ3v) is 4.92. The quantitative estimate of drug-likeness (QED) is 0.590. The smallest absolute Gasteiger partial charge is 0.295 e. The molecular weight excluding hydrogens is 314 g/mol. The number of aryl methyl sites for hydroxylation is 1. The molecule has 1 N–H and O–H groups in total. The maximum atomic E-state index is 13.0. The van der Waals surface area contributed by atoms with Crippen molar-refractivity contribution in [2.75, 3.05) is 6.54 Å². The van der Waals surface area contributed by atoms with Gasteiger partial charge in [-0.05, 0) is 43.5 Å². The van der Waals surface area contributed by atoms with Crippen LogP contribution in [0.5, 0.6) is 0 Å². The molecule has 1 aliphatic heterocycles. The lowest BCUT2D eigenvalue weighted by Gasteiger charge is -2.24. The summed E-state index contributed by atoms with van der Waals surface area (Å²) in [7, 11) is 0. The lowest BCUT2D eigenvalue weighted by molar-refractivity contribution is -0.127. The van der Waals surface area contributed by atoms with Gasteiger partial charge in [0.1, 0.15) is 0 Å². The Labute approximate surface area is 145 Å². The zero-order chi connectivity index (χ0) is 17.4. The van der Waals surface area contributed by atoms with E-state index in [-0.39, 0.29) is 6.04 Å². The van der Waals surface area contributed by atoms with Crippen molar-refractivity contribution in [1.82, 2.24) is 14.9 Å². The van der Waals surface area contributed by atoms with Gasteiger partial charge in [-0.25, -0.2) is 0 Å². The number of rotatable bonds is 3. The Kier molecular flexibility index (Phi) is 3.84. The molecule has 25 heavy (non-hydrogen) atoms. The minimum atomic E-state index is -0.434. The Morgan fingerprint density at radius 3 is 2.72 bits per heavy atom. The van der Waals surface area contributed by atoms with Crippen LogP contribution in [0.3, 0.4) is 0 Å². The number of hydrogen-bond donors (Lipinski definition) is 1. The Bertz CT molecular complexity index is 946. The van der Waals surface area contributed by atoms with Crippen molar-refractivity contribution in [2.24, 2.45) is 0 Å². The zero-order valence-corrected chi connectivity index (χ0v) is 14.0. The number of carbonyl (C=O) groups is 2. The normalized spacial score (nSPS) is 17.2. The highest BCUT2D eigenvalue weighted by atomic mass is 16.2. The average molecular weight is 333 g/mol. The average Bonchev–Trinajstić information content (AvgIpc) is 3.25. The van der Waals surface area contributed by atoms with Gasteiger partial charge in [0, 0.05) is 35.5 Å². The Hall–Kier alpha value is -2.95. The summed E-state index contributed by atoms with van der Waals surface area (Å²) < 4.78 is 0. The summed E-state index contributed by atoms with van der Waals surface area (Å²) in [4.78, 5) is 34.9. The van der Waals surface area contributed by atoms with Gasteiger partial charge in [0.2, 0.25) is 0 Å². The second-order valence-corrected chi connectivity index (χ2v) is 6.44. The molecule has 1 aliphatic rings. The predicted molar refractivity (Wildman–Crippen MR) is 95.3 cm³/mol. The number of aromatic amines is 1. The first kappa shape index (κ1) is 15.6. The molecule has 2 aromatic heterocycles. The van der Waals surface area contributed by atoms with Crippen molar-refractivity contribution in [1.29, 1.82) is 0 Å². The van der Waals surface area contributed by atoms with Crippen LogP contribution in [0, 0.1) is 6.92 Å². The number of pyridine rings is 1. The van der Waals surface area contributed by atoms with Crippen molar-refractivity contribution in [3.63, 3.8) is 0 Å². The first-order chi connectivity index (χ1) is 12.2. The molecule has 5 nitrogen and oxygen atoms in total. The molecule has 0 radical (unpaired) electrons. The third-order valence-electron chi connectivity index (χ3n) is 4.92. The SMILES string of the molecule is Cc1[nH]c2ccccc2c1C(=O)C(=O)N1CCC[C@@H]1c1ccncc1. The van der Waals surface area contributed by atoms with Crippen LogP contribution >= 0.6 is 0 Å². The van der Waals surface area contributed by atoms with Crippen LogP contribution < -0.4 is 0 Å². The molecular formula is C20H19N3O2. The fourth-order valence-electron chi connectivity index (χ4n) is 3.75. The van der Waals surface area contributed by atoms with Gasteiger partial charge in [-0.2, -0.15) is 0 Å². The highest BCUT2D eigenvalue weighted by Gasteiger charge is 2.35. The van der Waals surface area contributed by atoms with E-state index < -0.39 is 11.7 Å². The zero-order valence-electron chi connectivity index (χ0n) is 14.0. The molecule has 0 saturated carbocycles. The molecule has 1 atom stereocenters. The summed E-state index contributed by atoms with van der Waals surface area (Å²) >= 11 is 0. The molecule has 0 aliphatic carbocycles. The predicted octanol–water partition coefficient (Wildman–Crippen LogP) is 3.42. The van der Waals surface area contributed by atoms with Gasteiger partial charge in [0.05, 0.1) is 11.6 Å². The number of para-hydroxylation sites is 1. The summed E-state index contributed by atoms with van der Waals surface area (Å²) in [5, 5.41) is 0.804. The first-order valence-corrected chi connectivity index (χ1v) is 8.49. The van der Waals surface area contributed by atoms with Gasteiger partial charge in [-0.1, -0.05) is 18.2 Å². The maximum absolute atomic E-state index is 13.0. The molecule has 126 valence electrons. The third kappa shape index (κ3) is 2.61. The fraction of sp³-hybridized carbons (Fsp3) is 0.250. The summed E-state index contributed by atoms with van der Waals surface area (Å²) in [5.74, 6) is -0.858. The van der Waals surface area contributed by atoms with Crippen molar-refractivity contribution in [3.8, 4) is 0 Å². The van der Waals surface area contributed by atoms with Gasteiger partial charge in [-0.3, -0.25) is 14.6 Å². The van der Waals surface area contributed by atoms with Gasteiger partial charge < -0.3 is 9.88 Å². The number of benzene rings is 1. The number of nitrogens with zero attached hydrogens (tertiary/aromatic N) is 2. The molecule has 1 aromatic carbocycles. The number of hydrogen-bond acceptors (Lipinski definition) is 3. The van der Waals surface area contributed by atoms with Crippen LogP contribution in [-0.4, -0.2) is 33.1 Å². The molecule has 0 unspecified atom stereocenters. The van der Waals surface area contributed by atoms with E-state index in [0.717, 1.165) is 35.0 Å². The van der Waals surface area contributed by atoms with Crippen LogP contribution in [0.1, 0.15) is 40.5 Å². The van der Waals surface area contributed by atoms with E-state index in [1.54, 1.807) is 17.3 Å². The number of amides is 1. The van der Waals surface area contributed by atoms with E-state index in [1.165, 1.54) is 0 Å². The summed E-state index contributed by atoms with van der Waals surface area (Å²) in [5.41, 5.74) is 3.13. The maximum Gasteiger partial charge on any atom is 0.295 e. The summed E-state index contributed by atoms with van der Waals surface area (Å²) in [6.45, 7) is 2.45. The minimum Gasteiger partial charge on any atom is -0.358 e. The van der Waals surface area contributed by atoms with Crippen LogP contribution in [-0.2, 0) is 4.79 Å². The molecule has 1 saturated heterocycles. The van der Waals surface area contributed by atoms with E-state index in [0.29, 0.717) is 12.1 Å². The molecule has 0 bridgehead atoms. The number of H-pyrrole nitrogens is 1. The molecule has 1 fully saturated rings. The topological polar surface area (TPSA) is 66.1 Å². The highest BCUT2D eigenvalue weighted by molar-refractivity contribution is 6.45. The molecule has 5 heteroatoms. The number of likely N-dealkylation sites (tertiary alicyclic amines) is 1. The number of Topliss-reactive ketones (excluding diaryl/α,β-unsaturated/α-hetero) is 1. The standard InChI is InChI=1S/C20H19N3O2/c1-13-18(15-5-2-3-6-16(15)22-13)19(24)20(25)23-12-4-7-17(23)14-8-10-21-11-9-14/h2-3,5-6,8-11,17,22H,4,7,12H2,1H3/t17-/m1/s1. The first-order valence-electron chi connectivity index (χ1n) is 8.49. The van der Waals surface area contributed by atoms with Crippen LogP contribution in [0.2, 0.25) is 0 Å². The van der Waals surface area contributed by atoms with Crippen LogP contribution in [0.25, 0.3) is 10.9 Å². The monoisotopic (exact) mass is 333 g/mol. The number of fused-ring (bicyclic) bond motifs is 1. The second-order valence-electron chi connectivity index (χ2n) is 6.44. The lowest BCUT2D eigenvalue weighted by atomic mass is 10.0. The van der Waals surface area contributed by atoms with Crippen molar-refractivity contribution < 1.29 is 9.59 Å². The summed E-state index contributed by atoms with van der Waals surface area (Å²) in [6.07, 6.45) is 5.22. The van der Waals surface area contributed by atoms with Gasteiger partial charge in [0.15, 0.2) is 0 Å². The summed E-state index contributed by atoms with van der Waals surface area (Å²) in [6, 6.07) is 11.4. The van der Waals surface area contributed by atoms with Crippen molar-refractivity contribution >= 4 is 22.6 Å². The van der Waals surface area contributed by atoms with Crippen LogP contribution in [0.15, 0.2) is 48.8 Å². The number of carbonyl (C=O) groups excluding carboxylic acids is 2. The van der Waals surface area contributed by atoms with E-state index in [2.05, 4.69) is 9.97 Å². The Morgan fingerprint density at radius 1 is 1.16 bits per heavy atom. The Balaban J connectivity index is 1.68. The molecule has 4 rings (SSSR count). The van der Waals surface area contributed by atoms with Crippen molar-refractivity contribution in [3.05, 3.63) is 65.6 Å². The number of aromatic nitrogens is 2. The van der Waals surface area contributed by atoms with E-state index in [4.69, 9.17) is 0 Å². The highest BCUT2D eigenvalue weighted by Crippen LogP contribution is 2.33. The Morgan fingerprint density at radius 2 is 1.92 bits per heavy atom. The fourth-order valence-corrected chi connectivity index (χ4v) is 3.75. The number of ketones is 1. The molecule has 3 aromatic rings. The largest absolute Gasteiger partial charge is 0.358 e.